The van der Waals surface area contributed by atoms with Crippen molar-refractivity contribution in [3.05, 3.63) is 77.5 Å². The molecule has 0 radical (unpaired) electrons. The molecule has 2 aromatic carbocycles. The van der Waals surface area contributed by atoms with Crippen LogP contribution in [0.4, 0.5) is 0 Å². The number of ether oxygens (including phenoxy) is 2. The van der Waals surface area contributed by atoms with Crippen LogP contribution in [0, 0.1) is 46.3 Å². The zero-order valence-corrected chi connectivity index (χ0v) is 25.6. The van der Waals surface area contributed by atoms with E-state index in [1.165, 1.54) is 7.11 Å². The third-order valence-corrected chi connectivity index (χ3v) is 13.8. The molecule has 1 aromatic heterocycles. The maximum atomic E-state index is 15.2. The number of methoxy groups -OCH3 is 2. The highest BCUT2D eigenvalue weighted by Gasteiger charge is 2.81. The van der Waals surface area contributed by atoms with Crippen LogP contribution in [-0.2, 0) is 31.0 Å². The van der Waals surface area contributed by atoms with E-state index in [0.717, 1.165) is 59.2 Å². The molecule has 3 aromatic rings. The normalized spacial score (nSPS) is 41.1. The third kappa shape index (κ3) is 2.83. The average molecular weight is 590 g/mol. The first-order valence-electron chi connectivity index (χ1n) is 16.4. The number of benzene rings is 2. The number of hydrogen-bond donors (Lipinski definition) is 1. The molecule has 0 aliphatic heterocycles. The molecule has 0 spiro atoms. The number of fused-ring (bicyclic) bond motifs is 10. The second-order valence-corrected chi connectivity index (χ2v) is 14.7. The van der Waals surface area contributed by atoms with Crippen LogP contribution < -0.4 is 4.74 Å². The number of rotatable bonds is 3. The molecule has 0 saturated heterocycles. The second-order valence-electron chi connectivity index (χ2n) is 14.7. The van der Waals surface area contributed by atoms with Gasteiger partial charge in [0.2, 0.25) is 0 Å². The summed E-state index contributed by atoms with van der Waals surface area (Å²) in [5.74, 6) is -0.825. The summed E-state index contributed by atoms with van der Waals surface area (Å²) in [4.78, 5) is 47.1. The molecule has 6 aliphatic carbocycles. The SMILES string of the molecule is COC(=O)[C@@H]1Cc2c([nH]c3ccccc23)[C@@H]2C(=O)[C@@H]3[C@@H](CC(=O)[C@@H]4[C@H]3[C@]35C=C[C@]4(c4ccc(OC)cc4)[C@@]3(C)CCCC5)[C@H]12. The topological polar surface area (TPSA) is 85.5 Å². The first kappa shape index (κ1) is 26.7. The number of esters is 1. The highest BCUT2D eigenvalue weighted by Crippen LogP contribution is 2.82. The van der Waals surface area contributed by atoms with E-state index in [0.29, 0.717) is 12.8 Å². The number of ketones is 2. The van der Waals surface area contributed by atoms with Crippen LogP contribution >= 0.6 is 0 Å². The van der Waals surface area contributed by atoms with Gasteiger partial charge >= 0.3 is 5.97 Å². The van der Waals surface area contributed by atoms with Crippen LogP contribution in [0.1, 0.15) is 61.8 Å². The highest BCUT2D eigenvalue weighted by molar-refractivity contribution is 5.99. The lowest BCUT2D eigenvalue weighted by Crippen LogP contribution is -2.50. The number of aromatic nitrogens is 1. The summed E-state index contributed by atoms with van der Waals surface area (Å²) in [6.45, 7) is 2.41. The van der Waals surface area contributed by atoms with E-state index < -0.39 is 17.3 Å². The van der Waals surface area contributed by atoms with Crippen molar-refractivity contribution in [3.8, 4) is 5.75 Å². The van der Waals surface area contributed by atoms with Gasteiger partial charge in [-0.3, -0.25) is 14.4 Å². The lowest BCUT2D eigenvalue weighted by molar-refractivity contribution is -0.150. The van der Waals surface area contributed by atoms with Gasteiger partial charge in [-0.2, -0.15) is 0 Å². The molecule has 44 heavy (non-hydrogen) atoms. The van der Waals surface area contributed by atoms with Crippen molar-refractivity contribution in [3.63, 3.8) is 0 Å². The molecule has 4 saturated carbocycles. The second kappa shape index (κ2) is 8.74. The smallest absolute Gasteiger partial charge is 0.309 e. The lowest BCUT2D eigenvalue weighted by atomic mass is 9.52. The molecule has 6 aliphatic rings. The standard InChI is InChI=1S/C38H39NO5/c1-36-14-6-7-15-37(36)16-17-38(36,20-10-12-21(43-2)13-11-20)31-27(40)19-24-28-25(35(42)44-3)18-23-22-8-4-5-9-26(22)39-33(23)30(28)34(41)29(24)32(31)37/h4-5,8-13,16-17,24-25,28-32,39H,6-7,14-15,18-19H2,1-3H3/t24-,25+,28+,29+,30+,31+,32-,36-,37-,38+/m0/s1. The van der Waals surface area contributed by atoms with Gasteiger partial charge in [0.15, 0.2) is 0 Å². The Morgan fingerprint density at radius 2 is 1.73 bits per heavy atom. The quantitative estimate of drug-likeness (QED) is 0.285. The van der Waals surface area contributed by atoms with E-state index in [4.69, 9.17) is 9.47 Å². The lowest BCUT2D eigenvalue weighted by Gasteiger charge is -2.51. The molecule has 10 atom stereocenters. The molecular formula is C38H39NO5. The van der Waals surface area contributed by atoms with Gasteiger partial charge in [0, 0.05) is 40.3 Å². The molecule has 1 heterocycles. The Balaban J connectivity index is 1.25. The summed E-state index contributed by atoms with van der Waals surface area (Å²) in [5.41, 5.74) is 3.32. The van der Waals surface area contributed by atoms with E-state index in [1.54, 1.807) is 7.11 Å². The van der Waals surface area contributed by atoms with E-state index in [1.807, 2.05) is 30.3 Å². The third-order valence-electron chi connectivity index (χ3n) is 13.8. The van der Waals surface area contributed by atoms with Crippen molar-refractivity contribution in [2.45, 2.75) is 56.8 Å². The van der Waals surface area contributed by atoms with Crippen molar-refractivity contribution in [2.24, 2.45) is 46.3 Å². The van der Waals surface area contributed by atoms with Crippen LogP contribution in [0.2, 0.25) is 0 Å². The van der Waals surface area contributed by atoms with E-state index >= 15 is 4.79 Å². The molecule has 226 valence electrons. The number of nitrogens with one attached hydrogen (secondary N) is 1. The minimum atomic E-state index is -0.464. The summed E-state index contributed by atoms with van der Waals surface area (Å²) < 4.78 is 10.9. The maximum absolute atomic E-state index is 15.2. The Labute approximate surface area is 257 Å². The summed E-state index contributed by atoms with van der Waals surface area (Å²) in [6.07, 6.45) is 9.95. The molecule has 6 heteroatoms. The zero-order valence-electron chi connectivity index (χ0n) is 25.6. The Morgan fingerprint density at radius 3 is 2.50 bits per heavy atom. The van der Waals surface area contributed by atoms with Gasteiger partial charge in [0.05, 0.1) is 26.1 Å². The molecule has 4 fully saturated rings. The zero-order chi connectivity index (χ0) is 30.2. The Morgan fingerprint density at radius 1 is 0.955 bits per heavy atom. The van der Waals surface area contributed by atoms with Crippen LogP contribution in [-0.4, -0.2) is 36.7 Å². The Kier molecular flexibility index (Phi) is 5.30. The first-order valence-corrected chi connectivity index (χ1v) is 16.4. The number of carbonyl (C=O) groups excluding carboxylic acids is 3. The molecule has 9 rings (SSSR count). The van der Waals surface area contributed by atoms with Crippen molar-refractivity contribution in [1.29, 1.82) is 0 Å². The summed E-state index contributed by atoms with van der Waals surface area (Å²) in [5, 5.41) is 1.08. The first-order chi connectivity index (χ1) is 21.3. The summed E-state index contributed by atoms with van der Waals surface area (Å²) in [7, 11) is 3.13. The summed E-state index contributed by atoms with van der Waals surface area (Å²) in [6, 6.07) is 16.5. The molecule has 0 unspecified atom stereocenters. The largest absolute Gasteiger partial charge is 0.497 e. The predicted octanol–water partition coefficient (Wildman–Crippen LogP) is 6.33. The molecule has 2 bridgehead atoms. The van der Waals surface area contributed by atoms with Crippen LogP contribution in [0.5, 0.6) is 5.75 Å². The van der Waals surface area contributed by atoms with E-state index in [9.17, 15) is 9.59 Å². The minimum Gasteiger partial charge on any atom is -0.497 e. The number of para-hydroxylation sites is 1. The number of hydrogen-bond acceptors (Lipinski definition) is 5. The number of carbonyl (C=O) groups is 3. The number of Topliss-reactive ketones (excluding diaryl/α,β-unsaturated/α-hetero) is 2. The van der Waals surface area contributed by atoms with Gasteiger partial charge < -0.3 is 14.5 Å². The van der Waals surface area contributed by atoms with Gasteiger partial charge in [-0.1, -0.05) is 62.2 Å². The van der Waals surface area contributed by atoms with Crippen LogP contribution in [0.15, 0.2) is 60.7 Å². The fraction of sp³-hybridized carbons (Fsp3) is 0.500. The molecule has 0 amide bonds. The van der Waals surface area contributed by atoms with Gasteiger partial charge in [-0.15, -0.1) is 0 Å². The minimum absolute atomic E-state index is 0.0737. The van der Waals surface area contributed by atoms with Gasteiger partial charge in [0.1, 0.15) is 17.3 Å². The Hall–Kier alpha value is -3.67. The average Bonchev–Trinajstić information content (AvgIpc) is 3.71. The predicted molar refractivity (Wildman–Crippen MR) is 165 cm³/mol. The van der Waals surface area contributed by atoms with Crippen molar-refractivity contribution < 1.29 is 23.9 Å². The molecule has 6 nitrogen and oxygen atoms in total. The fourth-order valence-electron chi connectivity index (χ4n) is 12.3. The number of allylic oxidation sites excluding steroid dienone is 2. The van der Waals surface area contributed by atoms with Crippen LogP contribution in [0.3, 0.4) is 0 Å². The Bertz CT molecular complexity index is 1790. The monoisotopic (exact) mass is 589 g/mol. The van der Waals surface area contributed by atoms with Gasteiger partial charge in [-0.25, -0.2) is 0 Å². The van der Waals surface area contributed by atoms with Crippen molar-refractivity contribution in [1.82, 2.24) is 4.98 Å². The summed E-state index contributed by atoms with van der Waals surface area (Å²) >= 11 is 0. The van der Waals surface area contributed by atoms with Gasteiger partial charge in [-0.05, 0) is 77.2 Å². The fourth-order valence-corrected chi connectivity index (χ4v) is 12.3. The van der Waals surface area contributed by atoms with Gasteiger partial charge in [0.25, 0.3) is 0 Å². The molecule has 1 N–H and O–H groups in total. The van der Waals surface area contributed by atoms with Crippen molar-refractivity contribution in [2.75, 3.05) is 14.2 Å². The molecular weight excluding hydrogens is 550 g/mol. The van der Waals surface area contributed by atoms with Crippen LogP contribution in [0.25, 0.3) is 10.9 Å². The van der Waals surface area contributed by atoms with Crippen molar-refractivity contribution >= 4 is 28.4 Å². The number of H-pyrrole nitrogens is 1. The number of aromatic amines is 1. The van der Waals surface area contributed by atoms with E-state index in [-0.39, 0.29) is 58.0 Å². The van der Waals surface area contributed by atoms with E-state index in [2.05, 4.69) is 42.3 Å². The maximum Gasteiger partial charge on any atom is 0.309 e. The highest BCUT2D eigenvalue weighted by atomic mass is 16.5.